The minimum atomic E-state index is 0.391. The lowest BCUT2D eigenvalue weighted by Crippen LogP contribution is -2.29. The minimum absolute atomic E-state index is 0.391. The Balaban J connectivity index is 1.97. The lowest BCUT2D eigenvalue weighted by atomic mass is 9.90. The molecule has 0 aliphatic carbocycles. The Morgan fingerprint density at radius 3 is 2.94 bits per heavy atom. The number of fused-ring (bicyclic) bond motifs is 1. The number of hydrogen-bond acceptors (Lipinski definition) is 2. The second kappa shape index (κ2) is 5.75. The van der Waals surface area contributed by atoms with Gasteiger partial charge >= 0.3 is 0 Å². The van der Waals surface area contributed by atoms with Gasteiger partial charge in [0.05, 0.1) is 0 Å². The van der Waals surface area contributed by atoms with E-state index in [2.05, 4.69) is 49.6 Å². The zero-order valence-electron chi connectivity index (χ0n) is 12.0. The van der Waals surface area contributed by atoms with Crippen molar-refractivity contribution in [1.82, 2.24) is 5.32 Å². The van der Waals surface area contributed by atoms with Crippen LogP contribution in [0.15, 0.2) is 18.2 Å². The summed E-state index contributed by atoms with van der Waals surface area (Å²) in [5.41, 5.74) is 4.67. The smallest absolute Gasteiger partial charge is 0.0418 e. The van der Waals surface area contributed by atoms with E-state index in [-0.39, 0.29) is 0 Å². The lowest BCUT2D eigenvalue weighted by Gasteiger charge is -2.25. The maximum absolute atomic E-state index is 3.60. The summed E-state index contributed by atoms with van der Waals surface area (Å²) in [5.74, 6) is 0. The maximum Gasteiger partial charge on any atom is 0.0418 e. The molecule has 0 fully saturated rings. The Labute approximate surface area is 111 Å². The third-order valence-corrected chi connectivity index (χ3v) is 4.04. The van der Waals surface area contributed by atoms with Crippen LogP contribution in [-0.2, 0) is 13.0 Å². The van der Waals surface area contributed by atoms with E-state index in [9.17, 15) is 0 Å². The van der Waals surface area contributed by atoms with E-state index in [0.29, 0.717) is 5.41 Å². The van der Waals surface area contributed by atoms with Gasteiger partial charge in [-0.05, 0) is 35.8 Å². The summed E-state index contributed by atoms with van der Waals surface area (Å²) in [5, 5.41) is 7.16. The van der Waals surface area contributed by atoms with Gasteiger partial charge in [0, 0.05) is 25.3 Å². The molecule has 0 unspecified atom stereocenters. The van der Waals surface area contributed by atoms with Crippen LogP contribution in [0.25, 0.3) is 0 Å². The van der Waals surface area contributed by atoms with Crippen LogP contribution in [0.3, 0.4) is 0 Å². The first kappa shape index (κ1) is 13.4. The van der Waals surface area contributed by atoms with Gasteiger partial charge in [0.2, 0.25) is 0 Å². The number of benzene rings is 1. The van der Waals surface area contributed by atoms with Crippen molar-refractivity contribution in [2.75, 3.05) is 18.4 Å². The van der Waals surface area contributed by atoms with Crippen LogP contribution in [0.2, 0.25) is 0 Å². The van der Waals surface area contributed by atoms with Gasteiger partial charge in [0.15, 0.2) is 0 Å². The molecule has 1 heterocycles. The largest absolute Gasteiger partial charge is 0.385 e. The van der Waals surface area contributed by atoms with Gasteiger partial charge in [0.25, 0.3) is 0 Å². The zero-order valence-corrected chi connectivity index (χ0v) is 12.0. The first-order valence-corrected chi connectivity index (χ1v) is 7.18. The van der Waals surface area contributed by atoms with Gasteiger partial charge in [-0.2, -0.15) is 0 Å². The first-order valence-electron chi connectivity index (χ1n) is 7.18. The highest BCUT2D eigenvalue weighted by molar-refractivity contribution is 5.59. The molecule has 1 aromatic rings. The van der Waals surface area contributed by atoms with Crippen molar-refractivity contribution >= 4 is 5.69 Å². The van der Waals surface area contributed by atoms with Gasteiger partial charge in [-0.15, -0.1) is 0 Å². The maximum atomic E-state index is 3.60. The second-order valence-corrected chi connectivity index (χ2v) is 6.10. The van der Waals surface area contributed by atoms with Crippen LogP contribution < -0.4 is 10.6 Å². The summed E-state index contributed by atoms with van der Waals surface area (Å²) in [6, 6.07) is 6.68. The van der Waals surface area contributed by atoms with Crippen LogP contribution in [0.4, 0.5) is 5.69 Å². The van der Waals surface area contributed by atoms with Crippen LogP contribution in [-0.4, -0.2) is 13.1 Å². The summed E-state index contributed by atoms with van der Waals surface area (Å²) in [7, 11) is 0. The fraction of sp³-hybridized carbons (Fsp3) is 0.625. The van der Waals surface area contributed by atoms with E-state index >= 15 is 0 Å². The molecule has 0 atom stereocenters. The molecular formula is C16H26N2. The van der Waals surface area contributed by atoms with Crippen molar-refractivity contribution in [1.29, 1.82) is 0 Å². The number of anilines is 1. The topological polar surface area (TPSA) is 24.1 Å². The molecule has 0 aromatic heterocycles. The van der Waals surface area contributed by atoms with Crippen molar-refractivity contribution < 1.29 is 0 Å². The molecule has 100 valence electrons. The Kier molecular flexibility index (Phi) is 4.28. The summed E-state index contributed by atoms with van der Waals surface area (Å²) in [6.45, 7) is 10.1. The lowest BCUT2D eigenvalue weighted by molar-refractivity contribution is 0.328. The SMILES string of the molecule is CCC(C)(C)CNCc1cccc2c1NCCC2. The van der Waals surface area contributed by atoms with Crippen LogP contribution in [0.1, 0.15) is 44.7 Å². The minimum Gasteiger partial charge on any atom is -0.385 e. The number of hydrogen-bond donors (Lipinski definition) is 2. The second-order valence-electron chi connectivity index (χ2n) is 6.10. The van der Waals surface area contributed by atoms with E-state index in [1.54, 1.807) is 0 Å². The molecule has 0 radical (unpaired) electrons. The highest BCUT2D eigenvalue weighted by atomic mass is 14.9. The molecule has 2 N–H and O–H groups in total. The highest BCUT2D eigenvalue weighted by Gasteiger charge is 2.15. The Bertz CT molecular complexity index is 396. The molecule has 0 amide bonds. The summed E-state index contributed by atoms with van der Waals surface area (Å²) < 4.78 is 0. The van der Waals surface area contributed by atoms with E-state index in [4.69, 9.17) is 0 Å². The summed E-state index contributed by atoms with van der Waals surface area (Å²) in [4.78, 5) is 0. The predicted molar refractivity (Wildman–Crippen MR) is 79.0 cm³/mol. The van der Waals surface area contributed by atoms with Crippen molar-refractivity contribution in [3.63, 3.8) is 0 Å². The first-order chi connectivity index (χ1) is 8.62. The standard InChI is InChI=1S/C16H26N2/c1-4-16(2,3)12-17-11-14-8-5-7-13-9-6-10-18-15(13)14/h5,7-8,17-18H,4,6,9-12H2,1-3H3. The fourth-order valence-corrected chi connectivity index (χ4v) is 2.39. The summed E-state index contributed by atoms with van der Waals surface area (Å²) in [6.07, 6.45) is 3.69. The van der Waals surface area contributed by atoms with Crippen molar-refractivity contribution in [3.05, 3.63) is 29.3 Å². The monoisotopic (exact) mass is 246 g/mol. The average molecular weight is 246 g/mol. The van der Waals surface area contributed by atoms with Gasteiger partial charge in [-0.1, -0.05) is 39.0 Å². The molecular weight excluding hydrogens is 220 g/mol. The highest BCUT2D eigenvalue weighted by Crippen LogP contribution is 2.26. The van der Waals surface area contributed by atoms with Gasteiger partial charge in [-0.3, -0.25) is 0 Å². The quantitative estimate of drug-likeness (QED) is 0.830. The van der Waals surface area contributed by atoms with Gasteiger partial charge < -0.3 is 10.6 Å². The Morgan fingerprint density at radius 2 is 2.17 bits per heavy atom. The molecule has 1 aliphatic heterocycles. The van der Waals surface area contributed by atoms with Crippen molar-refractivity contribution in [2.24, 2.45) is 5.41 Å². The Hall–Kier alpha value is -1.02. The molecule has 18 heavy (non-hydrogen) atoms. The number of nitrogens with one attached hydrogen (secondary N) is 2. The van der Waals surface area contributed by atoms with Gasteiger partial charge in [0.1, 0.15) is 0 Å². The van der Waals surface area contributed by atoms with Gasteiger partial charge in [-0.25, -0.2) is 0 Å². The average Bonchev–Trinajstić information content (AvgIpc) is 2.39. The molecule has 1 aliphatic rings. The third-order valence-electron chi connectivity index (χ3n) is 4.04. The van der Waals surface area contributed by atoms with Crippen molar-refractivity contribution in [2.45, 2.75) is 46.6 Å². The van der Waals surface area contributed by atoms with E-state index in [1.165, 1.54) is 36.1 Å². The molecule has 0 bridgehead atoms. The molecule has 2 heteroatoms. The van der Waals surface area contributed by atoms with E-state index in [0.717, 1.165) is 19.6 Å². The fourth-order valence-electron chi connectivity index (χ4n) is 2.39. The molecule has 2 rings (SSSR count). The number of rotatable bonds is 5. The molecule has 1 aromatic carbocycles. The third kappa shape index (κ3) is 3.26. The summed E-state index contributed by atoms with van der Waals surface area (Å²) >= 11 is 0. The van der Waals surface area contributed by atoms with Crippen LogP contribution in [0.5, 0.6) is 0 Å². The molecule has 2 nitrogen and oxygen atoms in total. The predicted octanol–water partition coefficient (Wildman–Crippen LogP) is 3.57. The van der Waals surface area contributed by atoms with Crippen LogP contribution in [0, 0.1) is 5.41 Å². The molecule has 0 saturated heterocycles. The number of para-hydroxylation sites is 1. The van der Waals surface area contributed by atoms with Crippen LogP contribution >= 0.6 is 0 Å². The zero-order chi connectivity index (χ0) is 13.0. The van der Waals surface area contributed by atoms with E-state index in [1.807, 2.05) is 0 Å². The Morgan fingerprint density at radius 1 is 1.33 bits per heavy atom. The van der Waals surface area contributed by atoms with Crippen molar-refractivity contribution in [3.8, 4) is 0 Å². The normalized spacial score (nSPS) is 15.1. The van der Waals surface area contributed by atoms with E-state index < -0.39 is 0 Å². The molecule has 0 saturated carbocycles. The number of aryl methyl sites for hydroxylation is 1. The molecule has 0 spiro atoms.